The van der Waals surface area contributed by atoms with E-state index in [0.717, 1.165) is 0 Å². The predicted octanol–water partition coefficient (Wildman–Crippen LogP) is -2.50. The minimum absolute atomic E-state index is 0. The van der Waals surface area contributed by atoms with E-state index in [9.17, 15) is 0 Å². The molecule has 0 heterocycles. The van der Waals surface area contributed by atoms with E-state index in [-0.39, 0.29) is 22.5 Å². The summed E-state index contributed by atoms with van der Waals surface area (Å²) in [5.41, 5.74) is 0. The maximum atomic E-state index is 9.08. The van der Waals surface area contributed by atoms with Crippen LogP contribution in [0.25, 0.3) is 0 Å². The van der Waals surface area contributed by atoms with Gasteiger partial charge in [-0.1, -0.05) is 0 Å². The van der Waals surface area contributed by atoms with Crippen LogP contribution in [0.15, 0.2) is 0 Å². The number of rotatable bonds is 0. The Kier molecular flexibility index (Phi) is 15.1. The molecule has 77 valence electrons. The third-order valence-electron chi connectivity index (χ3n) is 0. The van der Waals surface area contributed by atoms with E-state index in [1.54, 1.807) is 0 Å². The second-order valence-corrected chi connectivity index (χ2v) is 4.22. The zero-order chi connectivity index (χ0) is 9.00. The Hall–Kier alpha value is 0.299. The molecule has 0 aliphatic rings. The summed E-state index contributed by atoms with van der Waals surface area (Å²) in [6.07, 6.45) is 1.21. The van der Waals surface area contributed by atoms with Gasteiger partial charge in [-0.2, -0.15) is 0 Å². The van der Waals surface area contributed by atoms with E-state index >= 15 is 0 Å². The molecule has 0 amide bonds. The molecule has 10 heteroatoms. The van der Waals surface area contributed by atoms with E-state index in [4.69, 9.17) is 25.9 Å². The topological polar surface area (TPSA) is 146 Å². The van der Waals surface area contributed by atoms with E-state index in [0.29, 0.717) is 12.5 Å². The first-order chi connectivity index (χ1) is 4.00. The number of hydrogen-bond acceptors (Lipinski definition) is 6. The normalized spacial score (nSPS) is 9.67. The molecule has 0 saturated carbocycles. The molecule has 12 heavy (non-hydrogen) atoms. The third kappa shape index (κ3) is 9930. The maximum Gasteiger partial charge on any atom is 2.00 e. The van der Waals surface area contributed by atoms with Gasteiger partial charge < -0.3 is 14.6 Å². The minimum atomic E-state index is -3.92. The summed E-state index contributed by atoms with van der Waals surface area (Å²) in [5, 5.41) is 0. The minimum Gasteiger partial charge on any atom is -0.748 e. The van der Waals surface area contributed by atoms with E-state index in [1.165, 1.54) is 0 Å². The van der Waals surface area contributed by atoms with Gasteiger partial charge in [0.15, 0.2) is 0 Å². The summed E-state index contributed by atoms with van der Waals surface area (Å²) in [4.78, 5) is 0. The fourth-order valence-electron chi connectivity index (χ4n) is 0. The van der Waals surface area contributed by atoms with Gasteiger partial charge in [-0.3, -0.25) is 0 Å². The molecule has 0 aromatic rings. The molecule has 0 spiro atoms. The first kappa shape index (κ1) is 22.8. The van der Waals surface area contributed by atoms with Crippen LogP contribution in [-0.4, -0.2) is 43.9 Å². The summed E-state index contributed by atoms with van der Waals surface area (Å²) >= 11 is 0. The quantitative estimate of drug-likeness (QED) is 0.348. The van der Waals surface area contributed by atoms with Crippen molar-refractivity contribution in [3.63, 3.8) is 0 Å². The number of hydrogen-bond donors (Lipinski definition) is 0. The first-order valence-electron chi connectivity index (χ1n) is 1.82. The van der Waals surface area contributed by atoms with Crippen molar-refractivity contribution in [3.05, 3.63) is 0 Å². The monoisotopic (exact) mass is 263 g/mol. The van der Waals surface area contributed by atoms with Crippen LogP contribution in [0.1, 0.15) is 0 Å². The zero-order valence-electron chi connectivity index (χ0n) is 6.14. The predicted molar refractivity (Wildman–Crippen MR) is 34.9 cm³/mol. The molecule has 1 radical (unpaired) electrons. The summed E-state index contributed by atoms with van der Waals surface area (Å²) in [7, 11) is -7.83. The Labute approximate surface area is 81.4 Å². The molecule has 0 rings (SSSR count). The van der Waals surface area contributed by atoms with Gasteiger partial charge in [-0.05, 0) is 0 Å². The smallest absolute Gasteiger partial charge is 0.748 e. The van der Waals surface area contributed by atoms with Crippen LogP contribution in [-0.2, 0) is 37.3 Å². The molecule has 0 aliphatic heterocycles. The molecule has 0 fully saturated rings. The standard InChI is InChI=1S/2CH4O3S.Mn.H2O/c2*1-5(2,3)4;;/h2*1H3,(H,2,3,4);;1H2/q;;+2;/p-2. The van der Waals surface area contributed by atoms with Crippen LogP contribution < -0.4 is 0 Å². The zero-order valence-corrected chi connectivity index (χ0v) is 8.96. The van der Waals surface area contributed by atoms with Crippen molar-refractivity contribution in [2.75, 3.05) is 12.5 Å². The Balaban J connectivity index is -0.0000000457. The van der Waals surface area contributed by atoms with Crippen molar-refractivity contribution in [2.24, 2.45) is 0 Å². The van der Waals surface area contributed by atoms with Crippen LogP contribution in [0.5, 0.6) is 0 Å². The van der Waals surface area contributed by atoms with Crippen molar-refractivity contribution in [1.82, 2.24) is 0 Å². The van der Waals surface area contributed by atoms with Gasteiger partial charge in [0, 0.05) is 12.5 Å². The van der Waals surface area contributed by atoms with E-state index < -0.39 is 20.2 Å². The molecule has 0 aliphatic carbocycles. The average Bonchev–Trinajstić information content (AvgIpc) is 1.12. The Morgan fingerprint density at radius 3 is 0.833 bits per heavy atom. The van der Waals surface area contributed by atoms with Crippen LogP contribution in [0.4, 0.5) is 0 Å². The van der Waals surface area contributed by atoms with Crippen molar-refractivity contribution < 1.29 is 48.5 Å². The Morgan fingerprint density at radius 2 is 0.833 bits per heavy atom. The van der Waals surface area contributed by atoms with E-state index in [2.05, 4.69) is 0 Å². The van der Waals surface area contributed by atoms with Gasteiger partial charge >= 0.3 is 17.1 Å². The van der Waals surface area contributed by atoms with Crippen LogP contribution >= 0.6 is 0 Å². The van der Waals surface area contributed by atoms with Crippen LogP contribution in [0.2, 0.25) is 0 Å². The van der Waals surface area contributed by atoms with E-state index in [1.807, 2.05) is 0 Å². The molecular weight excluding hydrogens is 255 g/mol. The van der Waals surface area contributed by atoms with Crippen molar-refractivity contribution in [3.8, 4) is 0 Å². The van der Waals surface area contributed by atoms with Crippen molar-refractivity contribution >= 4 is 20.2 Å². The molecule has 0 aromatic heterocycles. The molecule has 0 bridgehead atoms. The van der Waals surface area contributed by atoms with Crippen LogP contribution in [0, 0.1) is 0 Å². The SMILES string of the molecule is CS(=O)(=O)[O-].CS(=O)(=O)[O-].O.[Mn+2]. The second kappa shape index (κ2) is 7.92. The summed E-state index contributed by atoms with van der Waals surface area (Å²) in [6.45, 7) is 0. The molecule has 0 atom stereocenters. The van der Waals surface area contributed by atoms with Crippen molar-refractivity contribution in [2.45, 2.75) is 0 Å². The first-order valence-corrected chi connectivity index (χ1v) is 5.45. The van der Waals surface area contributed by atoms with Gasteiger partial charge in [0.1, 0.15) is 0 Å². The largest absolute Gasteiger partial charge is 2.00 e. The van der Waals surface area contributed by atoms with Gasteiger partial charge in [-0.15, -0.1) is 0 Å². The van der Waals surface area contributed by atoms with Gasteiger partial charge in [0.05, 0.1) is 20.2 Å². The fourth-order valence-corrected chi connectivity index (χ4v) is 0. The molecule has 2 N–H and O–H groups in total. The molecule has 0 aromatic carbocycles. The fraction of sp³-hybridized carbons (Fsp3) is 1.00. The summed E-state index contributed by atoms with van der Waals surface area (Å²) in [6, 6.07) is 0. The summed E-state index contributed by atoms with van der Waals surface area (Å²) in [5.74, 6) is 0. The average molecular weight is 263 g/mol. The third-order valence-corrected chi connectivity index (χ3v) is 0. The van der Waals surface area contributed by atoms with Crippen molar-refractivity contribution in [1.29, 1.82) is 0 Å². The Bertz CT molecular complexity index is 216. The van der Waals surface area contributed by atoms with Gasteiger partial charge in [0.2, 0.25) is 0 Å². The maximum absolute atomic E-state index is 9.08. The molecule has 0 saturated heterocycles. The van der Waals surface area contributed by atoms with Crippen LogP contribution in [0.3, 0.4) is 0 Å². The molecular formula is C2H8MnO7S2. The second-order valence-electron chi connectivity index (χ2n) is 1.41. The molecule has 7 nitrogen and oxygen atoms in total. The van der Waals surface area contributed by atoms with Gasteiger partial charge in [-0.25, -0.2) is 16.8 Å². The molecule has 0 unspecified atom stereocenters. The Morgan fingerprint density at radius 1 is 0.833 bits per heavy atom. The van der Waals surface area contributed by atoms with Gasteiger partial charge in [0.25, 0.3) is 0 Å². The summed E-state index contributed by atoms with van der Waals surface area (Å²) < 4.78 is 54.5.